The number of carbonyl (C=O) groups excluding carboxylic acids is 1. The summed E-state index contributed by atoms with van der Waals surface area (Å²) in [5.74, 6) is 0.00209. The normalized spacial score (nSPS) is 17.1. The molecule has 0 aliphatic heterocycles. The lowest BCUT2D eigenvalue weighted by molar-refractivity contribution is -0.120. The van der Waals surface area contributed by atoms with Gasteiger partial charge in [0.15, 0.2) is 0 Å². The summed E-state index contributed by atoms with van der Waals surface area (Å²) in [4.78, 5) is 17.0. The molecule has 88 valence electrons. The Morgan fingerprint density at radius 2 is 2.12 bits per heavy atom. The van der Waals surface area contributed by atoms with Crippen molar-refractivity contribution in [1.29, 1.82) is 0 Å². The monoisotopic (exact) mass is 229 g/mol. The van der Waals surface area contributed by atoms with Crippen LogP contribution >= 0.6 is 0 Å². The van der Waals surface area contributed by atoms with Crippen molar-refractivity contribution in [3.63, 3.8) is 0 Å². The summed E-state index contributed by atoms with van der Waals surface area (Å²) in [6, 6.07) is 7.93. The van der Waals surface area contributed by atoms with Gasteiger partial charge < -0.3 is 15.6 Å². The van der Waals surface area contributed by atoms with Crippen molar-refractivity contribution in [2.75, 3.05) is 11.9 Å². The van der Waals surface area contributed by atoms with Gasteiger partial charge in [0.25, 0.3) is 0 Å². The molecule has 17 heavy (non-hydrogen) atoms. The first-order valence-corrected chi connectivity index (χ1v) is 5.75. The summed E-state index contributed by atoms with van der Waals surface area (Å²) in [7, 11) is 1.78. The molecule has 0 unspecified atom stereocenters. The zero-order chi connectivity index (χ0) is 12.0. The number of carbonyl (C=O) groups is 1. The third kappa shape index (κ3) is 1.52. The number of hydrogen-bond acceptors (Lipinski definition) is 2. The largest absolute Gasteiger partial charge is 0.359 e. The second kappa shape index (κ2) is 3.34. The van der Waals surface area contributed by atoms with Gasteiger partial charge in [-0.2, -0.15) is 0 Å². The van der Waals surface area contributed by atoms with Gasteiger partial charge in [0, 0.05) is 24.1 Å². The van der Waals surface area contributed by atoms with E-state index in [4.69, 9.17) is 5.73 Å². The van der Waals surface area contributed by atoms with Gasteiger partial charge in [0.1, 0.15) is 0 Å². The number of anilines is 1. The topological polar surface area (TPSA) is 62.1 Å². The fourth-order valence-electron chi connectivity index (χ4n) is 2.13. The van der Waals surface area contributed by atoms with E-state index in [-0.39, 0.29) is 5.91 Å². The fraction of sp³-hybridized carbons (Fsp3) is 0.308. The predicted octanol–water partition coefficient (Wildman–Crippen LogP) is 1.62. The van der Waals surface area contributed by atoms with Gasteiger partial charge in [-0.25, -0.2) is 0 Å². The predicted molar refractivity (Wildman–Crippen MR) is 67.9 cm³/mol. The maximum Gasteiger partial charge on any atom is 0.246 e. The molecule has 1 aromatic carbocycles. The first-order chi connectivity index (χ1) is 8.12. The summed E-state index contributed by atoms with van der Waals surface area (Å²) in [6.45, 7) is 0. The Labute approximate surface area is 99.4 Å². The van der Waals surface area contributed by atoms with Crippen LogP contribution in [0.4, 0.5) is 5.69 Å². The molecule has 1 fully saturated rings. The number of nitrogens with two attached hydrogens (primary N) is 1. The van der Waals surface area contributed by atoms with E-state index in [0.29, 0.717) is 0 Å². The summed E-state index contributed by atoms with van der Waals surface area (Å²) < 4.78 is 0. The molecule has 1 heterocycles. The van der Waals surface area contributed by atoms with Gasteiger partial charge >= 0.3 is 0 Å². The van der Waals surface area contributed by atoms with Crippen molar-refractivity contribution < 1.29 is 4.79 Å². The van der Waals surface area contributed by atoms with Gasteiger partial charge in [-0.15, -0.1) is 0 Å². The number of para-hydroxylation sites is 1. The molecule has 4 nitrogen and oxygen atoms in total. The second-order valence-corrected chi connectivity index (χ2v) is 4.74. The molecular formula is C13H15N3O. The highest BCUT2D eigenvalue weighted by atomic mass is 16.2. The van der Waals surface area contributed by atoms with Crippen LogP contribution in [0.25, 0.3) is 10.9 Å². The number of rotatable bonds is 2. The summed E-state index contributed by atoms with van der Waals surface area (Å²) in [5.41, 5.74) is 7.24. The lowest BCUT2D eigenvalue weighted by atomic mass is 10.2. The maximum atomic E-state index is 12.2. The number of aromatic nitrogens is 1. The van der Waals surface area contributed by atoms with Crippen molar-refractivity contribution in [2.45, 2.75) is 18.4 Å². The number of nitrogens with one attached hydrogen (secondary N) is 1. The van der Waals surface area contributed by atoms with E-state index in [9.17, 15) is 4.79 Å². The van der Waals surface area contributed by atoms with Crippen molar-refractivity contribution >= 4 is 22.5 Å². The van der Waals surface area contributed by atoms with Crippen LogP contribution in [0.1, 0.15) is 12.8 Å². The van der Waals surface area contributed by atoms with E-state index in [2.05, 4.69) is 4.98 Å². The highest BCUT2D eigenvalue weighted by molar-refractivity contribution is 6.07. The quantitative estimate of drug-likeness (QED) is 0.822. The molecule has 0 saturated heterocycles. The highest BCUT2D eigenvalue weighted by Gasteiger charge is 2.47. The van der Waals surface area contributed by atoms with Crippen molar-refractivity contribution in [3.8, 4) is 0 Å². The molecule has 1 saturated carbocycles. The Kier molecular flexibility index (Phi) is 2.03. The van der Waals surface area contributed by atoms with Crippen LogP contribution in [-0.2, 0) is 4.79 Å². The molecule has 0 spiro atoms. The Morgan fingerprint density at radius 3 is 2.82 bits per heavy atom. The molecular weight excluding hydrogens is 214 g/mol. The van der Waals surface area contributed by atoms with E-state index >= 15 is 0 Å². The number of hydrogen-bond donors (Lipinski definition) is 2. The van der Waals surface area contributed by atoms with Crippen LogP contribution < -0.4 is 10.6 Å². The molecule has 1 amide bonds. The molecule has 1 aromatic heterocycles. The Hall–Kier alpha value is -1.81. The SMILES string of the molecule is CN(C(=O)C1(N)CC1)c1c[nH]c2ccccc12. The molecule has 2 aromatic rings. The third-order valence-electron chi connectivity index (χ3n) is 3.45. The molecule has 3 rings (SSSR count). The number of H-pyrrole nitrogens is 1. The van der Waals surface area contributed by atoms with E-state index in [1.54, 1.807) is 11.9 Å². The lowest BCUT2D eigenvalue weighted by Gasteiger charge is -2.20. The molecule has 1 aliphatic carbocycles. The summed E-state index contributed by atoms with van der Waals surface area (Å²) in [5, 5.41) is 1.05. The standard InChI is InChI=1S/C13H15N3O/c1-16(12(17)13(14)6-7-13)11-8-15-10-5-3-2-4-9(10)11/h2-5,8,15H,6-7,14H2,1H3. The number of likely N-dealkylation sites (N-methyl/N-ethyl adjacent to an activating group) is 1. The van der Waals surface area contributed by atoms with Crippen LogP contribution in [0.5, 0.6) is 0 Å². The van der Waals surface area contributed by atoms with E-state index in [0.717, 1.165) is 29.4 Å². The zero-order valence-corrected chi connectivity index (χ0v) is 9.73. The van der Waals surface area contributed by atoms with Crippen molar-refractivity contribution in [3.05, 3.63) is 30.5 Å². The average Bonchev–Trinajstić information content (AvgIpc) is 2.95. The molecule has 0 radical (unpaired) electrons. The van der Waals surface area contributed by atoms with Gasteiger partial charge in [-0.3, -0.25) is 4.79 Å². The van der Waals surface area contributed by atoms with Gasteiger partial charge in [0.2, 0.25) is 5.91 Å². The van der Waals surface area contributed by atoms with Crippen LogP contribution in [-0.4, -0.2) is 23.5 Å². The third-order valence-corrected chi connectivity index (χ3v) is 3.45. The first kappa shape index (κ1) is 10.4. The molecule has 4 heteroatoms. The number of fused-ring (bicyclic) bond motifs is 1. The smallest absolute Gasteiger partial charge is 0.246 e. The second-order valence-electron chi connectivity index (χ2n) is 4.74. The number of amides is 1. The number of aromatic amines is 1. The molecule has 1 aliphatic rings. The summed E-state index contributed by atoms with van der Waals surface area (Å²) >= 11 is 0. The Bertz CT molecular complexity index is 583. The van der Waals surface area contributed by atoms with Crippen molar-refractivity contribution in [1.82, 2.24) is 4.98 Å². The van der Waals surface area contributed by atoms with Gasteiger partial charge in [-0.1, -0.05) is 18.2 Å². The minimum atomic E-state index is -0.618. The van der Waals surface area contributed by atoms with E-state index in [1.807, 2.05) is 30.5 Å². The average molecular weight is 229 g/mol. The van der Waals surface area contributed by atoms with E-state index in [1.165, 1.54) is 0 Å². The molecule has 0 bridgehead atoms. The lowest BCUT2D eigenvalue weighted by Crippen LogP contribution is -2.43. The van der Waals surface area contributed by atoms with Crippen LogP contribution in [0.15, 0.2) is 30.5 Å². The Balaban J connectivity index is 2.01. The minimum Gasteiger partial charge on any atom is -0.359 e. The van der Waals surface area contributed by atoms with Gasteiger partial charge in [0.05, 0.1) is 11.2 Å². The van der Waals surface area contributed by atoms with Crippen LogP contribution in [0.3, 0.4) is 0 Å². The maximum absolute atomic E-state index is 12.2. The first-order valence-electron chi connectivity index (χ1n) is 5.75. The highest BCUT2D eigenvalue weighted by Crippen LogP contribution is 2.36. The summed E-state index contributed by atoms with van der Waals surface area (Å²) in [6.07, 6.45) is 3.44. The Morgan fingerprint density at radius 1 is 1.41 bits per heavy atom. The van der Waals surface area contributed by atoms with Crippen LogP contribution in [0, 0.1) is 0 Å². The van der Waals surface area contributed by atoms with Crippen molar-refractivity contribution in [2.24, 2.45) is 5.73 Å². The minimum absolute atomic E-state index is 0.00209. The number of benzene rings is 1. The molecule has 0 atom stereocenters. The van der Waals surface area contributed by atoms with Crippen LogP contribution in [0.2, 0.25) is 0 Å². The van der Waals surface area contributed by atoms with Gasteiger partial charge in [-0.05, 0) is 18.9 Å². The molecule has 3 N–H and O–H groups in total. The zero-order valence-electron chi connectivity index (χ0n) is 9.73. The fourth-order valence-corrected chi connectivity index (χ4v) is 2.13. The number of nitrogens with zero attached hydrogens (tertiary/aromatic N) is 1. The van der Waals surface area contributed by atoms with E-state index < -0.39 is 5.54 Å².